The Kier molecular flexibility index (Phi) is 8.12. The highest BCUT2D eigenvalue weighted by molar-refractivity contribution is 7.15. The van der Waals surface area contributed by atoms with Crippen molar-refractivity contribution in [1.82, 2.24) is 14.5 Å². The highest BCUT2D eigenvalue weighted by Crippen LogP contribution is 2.36. The lowest BCUT2D eigenvalue weighted by molar-refractivity contribution is -0.153. The molecule has 0 aliphatic heterocycles. The molecule has 0 amide bonds. The van der Waals surface area contributed by atoms with Crippen molar-refractivity contribution < 1.29 is 14.6 Å². The van der Waals surface area contributed by atoms with E-state index in [0.29, 0.717) is 0 Å². The maximum absolute atomic E-state index is 13.0. The molecule has 0 aliphatic rings. The second-order valence-corrected chi connectivity index (χ2v) is 12.1. The Morgan fingerprint density at radius 3 is 2.56 bits per heavy atom. The summed E-state index contributed by atoms with van der Waals surface area (Å²) in [5, 5.41) is 11.8. The molecule has 0 saturated heterocycles. The highest BCUT2D eigenvalue weighted by atomic mass is 32.1. The molecule has 39 heavy (non-hydrogen) atoms. The summed E-state index contributed by atoms with van der Waals surface area (Å²) in [6, 6.07) is 10.6. The fourth-order valence-electron chi connectivity index (χ4n) is 4.66. The number of ether oxygens (including phenoxy) is 1. The fraction of sp³-hybridized carbons (Fsp3) is 0.344. The Balaban J connectivity index is 1.87. The number of carbonyl (C=O) groups excluding carboxylic acids is 1. The number of carbonyl (C=O) groups is 1. The molecule has 0 bridgehead atoms. The maximum Gasteiger partial charge on any atom is 0.310 e. The van der Waals surface area contributed by atoms with Crippen LogP contribution in [0.3, 0.4) is 0 Å². The lowest BCUT2D eigenvalue weighted by Gasteiger charge is -2.21. The van der Waals surface area contributed by atoms with Gasteiger partial charge in [-0.1, -0.05) is 25.6 Å². The Labute approximate surface area is 234 Å². The quantitative estimate of drug-likeness (QED) is 0.137. The van der Waals surface area contributed by atoms with Gasteiger partial charge in [-0.3, -0.25) is 4.79 Å². The van der Waals surface area contributed by atoms with E-state index in [2.05, 4.69) is 48.2 Å². The van der Waals surface area contributed by atoms with E-state index in [0.717, 1.165) is 61.0 Å². The molecule has 1 atom stereocenters. The number of aromatic nitrogens is 3. The molecule has 0 saturated carbocycles. The number of esters is 1. The smallest absolute Gasteiger partial charge is 0.310 e. The molecule has 1 N–H and O–H groups in total. The van der Waals surface area contributed by atoms with Gasteiger partial charge in [0.05, 0.1) is 38.9 Å². The summed E-state index contributed by atoms with van der Waals surface area (Å²) in [4.78, 5) is 23.6. The van der Waals surface area contributed by atoms with Crippen LogP contribution in [0.1, 0.15) is 68.9 Å². The van der Waals surface area contributed by atoms with Gasteiger partial charge in [0.2, 0.25) is 0 Å². The van der Waals surface area contributed by atoms with E-state index in [1.807, 2.05) is 52.9 Å². The van der Waals surface area contributed by atoms with E-state index in [1.54, 1.807) is 23.5 Å². The summed E-state index contributed by atoms with van der Waals surface area (Å²) < 4.78 is 7.91. The molecular weight excluding hydrogens is 506 g/mol. The average Bonchev–Trinajstić information content (AvgIpc) is 3.39. The van der Waals surface area contributed by atoms with Gasteiger partial charge in [-0.2, -0.15) is 0 Å². The lowest BCUT2D eigenvalue weighted by Crippen LogP contribution is -2.25. The van der Waals surface area contributed by atoms with E-state index >= 15 is 0 Å². The van der Waals surface area contributed by atoms with Gasteiger partial charge in [0, 0.05) is 17.6 Å². The van der Waals surface area contributed by atoms with Crippen molar-refractivity contribution in [2.45, 2.75) is 73.0 Å². The molecule has 6 nitrogen and oxygen atoms in total. The van der Waals surface area contributed by atoms with Crippen molar-refractivity contribution in [3.8, 4) is 21.8 Å². The molecule has 1 aromatic carbocycles. The van der Waals surface area contributed by atoms with Crippen LogP contribution in [0.4, 0.5) is 0 Å². The van der Waals surface area contributed by atoms with Crippen LogP contribution in [0.5, 0.6) is 0 Å². The molecule has 204 valence electrons. The van der Waals surface area contributed by atoms with E-state index in [1.165, 1.54) is 0 Å². The monoisotopic (exact) mass is 543 g/mol. The second kappa shape index (κ2) is 11.2. The summed E-state index contributed by atoms with van der Waals surface area (Å²) in [7, 11) is 0. The van der Waals surface area contributed by atoms with Crippen molar-refractivity contribution in [1.29, 1.82) is 0 Å². The number of aryl methyl sites for hydroxylation is 2. The predicted molar refractivity (Wildman–Crippen MR) is 161 cm³/mol. The number of aliphatic hydroxyl groups is 1. The number of aliphatic hydroxyl groups excluding tert-OH is 1. The summed E-state index contributed by atoms with van der Waals surface area (Å²) >= 11 is 1.65. The number of benzene rings is 1. The van der Waals surface area contributed by atoms with Crippen LogP contribution < -0.4 is 0 Å². The topological polar surface area (TPSA) is 77.2 Å². The van der Waals surface area contributed by atoms with Crippen molar-refractivity contribution >= 4 is 34.3 Å². The van der Waals surface area contributed by atoms with Crippen molar-refractivity contribution in [3.63, 3.8) is 0 Å². The molecule has 3 aromatic heterocycles. The molecular formula is C32H37N3O3S. The van der Waals surface area contributed by atoms with Gasteiger partial charge in [0.25, 0.3) is 0 Å². The first-order valence-corrected chi connectivity index (χ1v) is 14.0. The van der Waals surface area contributed by atoms with Crippen LogP contribution in [0.2, 0.25) is 0 Å². The first-order chi connectivity index (χ1) is 18.4. The van der Waals surface area contributed by atoms with Gasteiger partial charge >= 0.3 is 5.97 Å². The van der Waals surface area contributed by atoms with Crippen molar-refractivity contribution in [2.75, 3.05) is 0 Å². The highest BCUT2D eigenvalue weighted by Gasteiger charge is 2.24. The zero-order valence-corrected chi connectivity index (χ0v) is 24.6. The number of hydrogen-bond acceptors (Lipinski definition) is 6. The summed E-state index contributed by atoms with van der Waals surface area (Å²) in [6.45, 7) is 17.5. The minimum absolute atomic E-state index is 0.0463. The van der Waals surface area contributed by atoms with Crippen molar-refractivity contribution in [3.05, 3.63) is 76.8 Å². The van der Waals surface area contributed by atoms with E-state index in [-0.39, 0.29) is 24.2 Å². The van der Waals surface area contributed by atoms with Crippen LogP contribution in [0.25, 0.3) is 38.8 Å². The van der Waals surface area contributed by atoms with E-state index < -0.39 is 5.60 Å². The van der Waals surface area contributed by atoms with Crippen LogP contribution in [-0.4, -0.2) is 31.2 Å². The number of fused-ring (bicyclic) bond motifs is 1. The number of thiazole rings is 1. The molecule has 1 unspecified atom stereocenters. The number of pyridine rings is 1. The van der Waals surface area contributed by atoms with Gasteiger partial charge in [0.15, 0.2) is 0 Å². The Morgan fingerprint density at radius 2 is 1.95 bits per heavy atom. The SMILES string of the molecule is C=C(O)/C=C/c1cn(C(C)CC)c(-c2ccc3nc(-c4sc(C)nc4C)ccc3c2)c1CC(=O)OC(C)(C)C. The molecule has 0 aliphatic carbocycles. The third-order valence-electron chi connectivity index (χ3n) is 6.53. The first-order valence-electron chi connectivity index (χ1n) is 13.2. The minimum Gasteiger partial charge on any atom is -0.509 e. The Hall–Kier alpha value is -3.71. The van der Waals surface area contributed by atoms with Crippen LogP contribution >= 0.6 is 11.3 Å². The van der Waals surface area contributed by atoms with E-state index in [4.69, 9.17) is 9.72 Å². The van der Waals surface area contributed by atoms with E-state index in [9.17, 15) is 9.90 Å². The van der Waals surface area contributed by atoms with Gasteiger partial charge in [-0.25, -0.2) is 9.97 Å². The number of hydrogen-bond donors (Lipinski definition) is 1. The van der Waals surface area contributed by atoms with Gasteiger partial charge in [-0.15, -0.1) is 11.3 Å². The molecule has 4 rings (SSSR count). The maximum atomic E-state index is 13.0. The molecule has 0 fully saturated rings. The predicted octanol–water partition coefficient (Wildman–Crippen LogP) is 8.38. The average molecular weight is 544 g/mol. The summed E-state index contributed by atoms with van der Waals surface area (Å²) in [5.74, 6) is -0.347. The van der Waals surface area contributed by atoms with Gasteiger partial charge in [0.1, 0.15) is 11.4 Å². The number of rotatable bonds is 8. The van der Waals surface area contributed by atoms with Crippen molar-refractivity contribution in [2.24, 2.45) is 0 Å². The first kappa shape index (κ1) is 28.3. The lowest BCUT2D eigenvalue weighted by atomic mass is 9.99. The zero-order valence-electron chi connectivity index (χ0n) is 23.8. The molecule has 4 aromatic rings. The standard InChI is InChI=1S/C32H37N3O3S/c1-9-19(2)35-18-25(11-10-20(3)36)26(17-29(37)38-32(6,7)8)30(35)24-13-14-27-23(16-24)12-15-28(34-27)31-21(4)33-22(5)39-31/h10-16,18-19,36H,3,9,17H2,1-2,4-8H3/b11-10+. The number of allylic oxidation sites excluding steroid dienone is 1. The third kappa shape index (κ3) is 6.48. The summed E-state index contributed by atoms with van der Waals surface area (Å²) in [5.41, 5.74) is 5.86. The van der Waals surface area contributed by atoms with Crippen LogP contribution in [-0.2, 0) is 16.0 Å². The molecule has 7 heteroatoms. The third-order valence-corrected chi connectivity index (χ3v) is 7.63. The Bertz CT molecular complexity index is 1570. The summed E-state index contributed by atoms with van der Waals surface area (Å²) in [6.07, 6.45) is 6.41. The molecule has 0 spiro atoms. The normalized spacial score (nSPS) is 12.8. The zero-order chi connectivity index (χ0) is 28.5. The van der Waals surface area contributed by atoms with Crippen LogP contribution in [0.15, 0.2) is 54.9 Å². The van der Waals surface area contributed by atoms with Gasteiger partial charge in [-0.05, 0) is 95.0 Å². The number of nitrogens with zero attached hydrogens (tertiary/aromatic N) is 3. The Morgan fingerprint density at radius 1 is 1.21 bits per heavy atom. The fourth-order valence-corrected chi connectivity index (χ4v) is 5.55. The minimum atomic E-state index is -0.590. The molecule has 0 radical (unpaired) electrons. The second-order valence-electron chi connectivity index (χ2n) is 10.9. The molecule has 3 heterocycles. The van der Waals surface area contributed by atoms with Gasteiger partial charge < -0.3 is 14.4 Å². The largest absolute Gasteiger partial charge is 0.509 e. The van der Waals surface area contributed by atoms with Crippen LogP contribution in [0, 0.1) is 13.8 Å².